The first-order valence-electron chi connectivity index (χ1n) is 10.5. The van der Waals surface area contributed by atoms with Crippen LogP contribution in [0.4, 0.5) is 17.1 Å². The summed E-state index contributed by atoms with van der Waals surface area (Å²) in [5, 5.41) is 32.9. The van der Waals surface area contributed by atoms with E-state index < -0.39 is 48.6 Å². The van der Waals surface area contributed by atoms with Crippen LogP contribution < -0.4 is 10.0 Å². The summed E-state index contributed by atoms with van der Waals surface area (Å²) in [6.07, 6.45) is 0.713. The zero-order valence-corrected chi connectivity index (χ0v) is 19.3. The molecule has 188 valence electrons. The average Bonchev–Trinajstić information content (AvgIpc) is 2.81. The first-order valence-corrected chi connectivity index (χ1v) is 12.0. The van der Waals surface area contributed by atoms with E-state index in [4.69, 9.17) is 14.9 Å². The van der Waals surface area contributed by atoms with Crippen molar-refractivity contribution in [2.24, 2.45) is 0 Å². The largest absolute Gasteiger partial charge is 0.478 e. The number of nitro groups is 1. The highest BCUT2D eigenvalue weighted by Gasteiger charge is 2.23. The molecule has 13 nitrogen and oxygen atoms in total. The molecule has 1 aliphatic rings. The molecular formula is C21H24N4O9S. The quantitative estimate of drug-likeness (QED) is 0.197. The molecule has 0 atom stereocenters. The van der Waals surface area contributed by atoms with Crippen molar-refractivity contribution in [2.45, 2.75) is 11.3 Å². The summed E-state index contributed by atoms with van der Waals surface area (Å²) < 4.78 is 33.0. The number of aromatic carboxylic acids is 2. The van der Waals surface area contributed by atoms with Gasteiger partial charge in [-0.1, -0.05) is 0 Å². The van der Waals surface area contributed by atoms with Gasteiger partial charge in [0.2, 0.25) is 0 Å². The number of carboxylic acids is 2. The van der Waals surface area contributed by atoms with Gasteiger partial charge in [0, 0.05) is 25.7 Å². The maximum atomic E-state index is 12.8. The molecule has 1 aliphatic heterocycles. The Morgan fingerprint density at radius 2 is 1.69 bits per heavy atom. The van der Waals surface area contributed by atoms with Crippen molar-refractivity contribution in [3.63, 3.8) is 0 Å². The highest BCUT2D eigenvalue weighted by atomic mass is 32.2. The molecule has 2 aromatic carbocycles. The number of sulfonamides is 1. The van der Waals surface area contributed by atoms with E-state index in [1.807, 2.05) is 0 Å². The Balaban J connectivity index is 1.76. The molecule has 4 N–H and O–H groups in total. The van der Waals surface area contributed by atoms with Gasteiger partial charge in [-0.3, -0.25) is 19.7 Å². The molecule has 1 heterocycles. The molecule has 0 unspecified atom stereocenters. The monoisotopic (exact) mass is 508 g/mol. The Hall–Kier alpha value is -3.75. The molecule has 0 aromatic heterocycles. The molecule has 2 aromatic rings. The van der Waals surface area contributed by atoms with Gasteiger partial charge in [0.15, 0.2) is 0 Å². The zero-order chi connectivity index (χ0) is 25.6. The number of rotatable bonds is 11. The fourth-order valence-corrected chi connectivity index (χ4v) is 4.54. The number of ether oxygens (including phenoxy) is 1. The highest BCUT2D eigenvalue weighted by molar-refractivity contribution is 7.92. The van der Waals surface area contributed by atoms with Crippen molar-refractivity contribution in [3.8, 4) is 0 Å². The number of carboxylic acid groups (broad SMARTS) is 2. The number of hydrogen-bond donors (Lipinski definition) is 4. The maximum Gasteiger partial charge on any atom is 0.335 e. The first-order chi connectivity index (χ1) is 16.6. The van der Waals surface area contributed by atoms with Crippen LogP contribution in [0.1, 0.15) is 27.1 Å². The van der Waals surface area contributed by atoms with Gasteiger partial charge in [-0.05, 0) is 43.3 Å². The second-order valence-corrected chi connectivity index (χ2v) is 9.37. The summed E-state index contributed by atoms with van der Waals surface area (Å²) in [5.41, 5.74) is -1.49. The van der Waals surface area contributed by atoms with Gasteiger partial charge in [0.05, 0.1) is 39.8 Å². The summed E-state index contributed by atoms with van der Waals surface area (Å²) in [7, 11) is -4.40. The van der Waals surface area contributed by atoms with E-state index in [0.717, 1.165) is 43.9 Å². The molecule has 1 fully saturated rings. The SMILES string of the molecule is O=C(O)c1cc(NS(=O)(=O)c2ccc(NCCCN3CCOCC3)c([N+](=O)[O-])c2)cc(C(=O)O)c1. The molecule has 14 heteroatoms. The molecule has 0 radical (unpaired) electrons. The molecular weight excluding hydrogens is 484 g/mol. The number of nitrogens with one attached hydrogen (secondary N) is 2. The lowest BCUT2D eigenvalue weighted by atomic mass is 10.1. The van der Waals surface area contributed by atoms with Gasteiger partial charge in [0.1, 0.15) is 5.69 Å². The summed E-state index contributed by atoms with van der Waals surface area (Å²) in [4.78, 5) is 35.2. The summed E-state index contributed by atoms with van der Waals surface area (Å²) in [5.74, 6) is -2.90. The molecule has 3 rings (SSSR count). The Morgan fingerprint density at radius 3 is 2.26 bits per heavy atom. The number of nitrogens with zero attached hydrogens (tertiary/aromatic N) is 2. The summed E-state index contributed by atoms with van der Waals surface area (Å²) in [6, 6.07) is 6.10. The van der Waals surface area contributed by atoms with Crippen LogP contribution >= 0.6 is 0 Å². The number of hydrogen-bond acceptors (Lipinski definition) is 9. The number of carbonyl (C=O) groups is 2. The molecule has 0 amide bonds. The van der Waals surface area contributed by atoms with Crippen LogP contribution in [0.2, 0.25) is 0 Å². The third kappa shape index (κ3) is 6.88. The average molecular weight is 509 g/mol. The van der Waals surface area contributed by atoms with E-state index in [9.17, 15) is 28.1 Å². The molecule has 1 saturated heterocycles. The van der Waals surface area contributed by atoms with Gasteiger partial charge < -0.3 is 20.3 Å². The Kier molecular flexibility index (Phi) is 8.22. The molecule has 0 aliphatic carbocycles. The third-order valence-corrected chi connectivity index (χ3v) is 6.60. The van der Waals surface area contributed by atoms with Crippen molar-refractivity contribution >= 4 is 39.0 Å². The highest BCUT2D eigenvalue weighted by Crippen LogP contribution is 2.29. The van der Waals surface area contributed by atoms with Crippen molar-refractivity contribution in [1.82, 2.24) is 4.90 Å². The number of morpholine rings is 1. The van der Waals surface area contributed by atoms with E-state index in [-0.39, 0.29) is 11.4 Å². The smallest absolute Gasteiger partial charge is 0.335 e. The number of anilines is 2. The predicted octanol–water partition coefficient (Wildman–Crippen LogP) is 1.93. The van der Waals surface area contributed by atoms with E-state index in [2.05, 4.69) is 14.9 Å². The van der Waals surface area contributed by atoms with E-state index >= 15 is 0 Å². The molecule has 35 heavy (non-hydrogen) atoms. The van der Waals surface area contributed by atoms with Crippen LogP contribution in [0.15, 0.2) is 41.3 Å². The minimum absolute atomic E-state index is 0.150. The van der Waals surface area contributed by atoms with E-state index in [1.54, 1.807) is 0 Å². The number of benzene rings is 2. The lowest BCUT2D eigenvalue weighted by Crippen LogP contribution is -2.37. The van der Waals surface area contributed by atoms with Crippen molar-refractivity contribution in [1.29, 1.82) is 0 Å². The Morgan fingerprint density at radius 1 is 1.06 bits per heavy atom. The van der Waals surface area contributed by atoms with Crippen LogP contribution in [-0.4, -0.2) is 79.8 Å². The second-order valence-electron chi connectivity index (χ2n) is 7.69. The van der Waals surface area contributed by atoms with Crippen LogP contribution in [-0.2, 0) is 14.8 Å². The minimum Gasteiger partial charge on any atom is -0.478 e. The van der Waals surface area contributed by atoms with Crippen LogP contribution in [0.3, 0.4) is 0 Å². The molecule has 0 spiro atoms. The normalized spacial score (nSPS) is 14.3. The Bertz CT molecular complexity index is 1200. The lowest BCUT2D eigenvalue weighted by Gasteiger charge is -2.26. The van der Waals surface area contributed by atoms with Gasteiger partial charge >= 0.3 is 11.9 Å². The standard InChI is InChI=1S/C21H24N4O9S/c26-20(27)14-10-15(21(28)29)12-16(11-14)23-35(32,33)17-2-3-18(19(13-17)25(30)31)22-4-1-5-24-6-8-34-9-7-24/h2-3,10-13,22-23H,1,4-9H2,(H,26,27)(H,28,29). The minimum atomic E-state index is -4.40. The van der Waals surface area contributed by atoms with E-state index in [1.165, 1.54) is 12.1 Å². The van der Waals surface area contributed by atoms with Gasteiger partial charge in [-0.2, -0.15) is 0 Å². The lowest BCUT2D eigenvalue weighted by molar-refractivity contribution is -0.384. The van der Waals surface area contributed by atoms with Gasteiger partial charge in [-0.15, -0.1) is 0 Å². The maximum absolute atomic E-state index is 12.8. The summed E-state index contributed by atoms with van der Waals surface area (Å²) >= 11 is 0. The topological polar surface area (TPSA) is 188 Å². The fourth-order valence-electron chi connectivity index (χ4n) is 3.48. The van der Waals surface area contributed by atoms with Crippen LogP contribution in [0.5, 0.6) is 0 Å². The van der Waals surface area contributed by atoms with E-state index in [0.29, 0.717) is 26.2 Å². The fraction of sp³-hybridized carbons (Fsp3) is 0.333. The van der Waals surface area contributed by atoms with Gasteiger partial charge in [-0.25, -0.2) is 18.0 Å². The Labute approximate surface area is 200 Å². The van der Waals surface area contributed by atoms with Crippen molar-refractivity contribution < 1.29 is 37.9 Å². The van der Waals surface area contributed by atoms with Crippen molar-refractivity contribution in [2.75, 3.05) is 49.4 Å². The number of nitro benzene ring substituents is 1. The zero-order valence-electron chi connectivity index (χ0n) is 18.5. The van der Waals surface area contributed by atoms with Crippen molar-refractivity contribution in [3.05, 3.63) is 57.6 Å². The van der Waals surface area contributed by atoms with Gasteiger partial charge in [0.25, 0.3) is 15.7 Å². The molecule has 0 saturated carbocycles. The second kappa shape index (κ2) is 11.1. The summed E-state index contributed by atoms with van der Waals surface area (Å²) in [6.45, 7) is 4.20. The third-order valence-electron chi connectivity index (χ3n) is 5.23. The predicted molar refractivity (Wildman–Crippen MR) is 125 cm³/mol. The van der Waals surface area contributed by atoms with Crippen LogP contribution in [0.25, 0.3) is 0 Å². The first kappa shape index (κ1) is 25.9. The van der Waals surface area contributed by atoms with Crippen LogP contribution in [0, 0.1) is 10.1 Å². The molecule has 0 bridgehead atoms.